The number of nitrogens with zero attached hydrogens (tertiary/aromatic N) is 3. The van der Waals surface area contributed by atoms with E-state index in [0.717, 1.165) is 37.9 Å². The molecule has 2 aromatic heterocycles. The molecule has 2 aromatic carbocycles. The van der Waals surface area contributed by atoms with Crippen LogP contribution in [0.3, 0.4) is 0 Å². The lowest BCUT2D eigenvalue weighted by Crippen LogP contribution is -2.39. The first-order chi connectivity index (χ1) is 13.8. The van der Waals surface area contributed by atoms with Gasteiger partial charge in [-0.05, 0) is 66.0 Å². The number of rotatable bonds is 3. The highest BCUT2D eigenvalue weighted by molar-refractivity contribution is 5.98. The van der Waals surface area contributed by atoms with Crippen LogP contribution in [-0.2, 0) is 6.54 Å². The molecule has 3 heterocycles. The lowest BCUT2D eigenvalue weighted by Gasteiger charge is -2.30. The number of nitrogens with two attached hydrogens (primary N) is 1. The van der Waals surface area contributed by atoms with Crippen LogP contribution in [0.15, 0.2) is 67.3 Å². The first-order valence-electron chi connectivity index (χ1n) is 9.95. The second kappa shape index (κ2) is 7.30. The fourth-order valence-corrected chi connectivity index (χ4v) is 4.16. The summed E-state index contributed by atoms with van der Waals surface area (Å²) in [7, 11) is 0. The average molecular weight is 368 g/mol. The van der Waals surface area contributed by atoms with Gasteiger partial charge in [-0.3, -0.25) is 14.9 Å². The Hall–Kier alpha value is -2.82. The van der Waals surface area contributed by atoms with Gasteiger partial charge in [-0.15, -0.1) is 0 Å². The van der Waals surface area contributed by atoms with E-state index < -0.39 is 0 Å². The van der Waals surface area contributed by atoms with Crippen LogP contribution in [0, 0.1) is 0 Å². The molecule has 0 aliphatic carbocycles. The summed E-state index contributed by atoms with van der Waals surface area (Å²) >= 11 is 0. The summed E-state index contributed by atoms with van der Waals surface area (Å²) in [6.07, 6.45) is 9.87. The Balaban J connectivity index is 1.53. The van der Waals surface area contributed by atoms with Crippen molar-refractivity contribution in [3.63, 3.8) is 0 Å². The molecular formula is C24H24N4. The predicted molar refractivity (Wildman–Crippen MR) is 115 cm³/mol. The van der Waals surface area contributed by atoms with E-state index in [1.807, 2.05) is 24.8 Å². The average Bonchev–Trinajstić information content (AvgIpc) is 2.74. The van der Waals surface area contributed by atoms with Gasteiger partial charge in [0.15, 0.2) is 0 Å². The van der Waals surface area contributed by atoms with E-state index in [4.69, 9.17) is 5.73 Å². The van der Waals surface area contributed by atoms with Crippen LogP contribution in [0.4, 0.5) is 0 Å². The van der Waals surface area contributed by atoms with Gasteiger partial charge in [0.2, 0.25) is 0 Å². The number of pyridine rings is 2. The highest BCUT2D eigenvalue weighted by Crippen LogP contribution is 2.31. The van der Waals surface area contributed by atoms with Gasteiger partial charge in [0, 0.05) is 53.7 Å². The topological polar surface area (TPSA) is 55.0 Å². The number of likely N-dealkylation sites (tertiary alicyclic amines) is 1. The maximum absolute atomic E-state index is 6.05. The quantitative estimate of drug-likeness (QED) is 0.583. The Kier molecular flexibility index (Phi) is 4.51. The Labute approximate surface area is 165 Å². The van der Waals surface area contributed by atoms with E-state index in [1.54, 1.807) is 0 Å². The zero-order valence-electron chi connectivity index (χ0n) is 15.9. The highest BCUT2D eigenvalue weighted by atomic mass is 15.1. The number of piperidine rings is 1. The SMILES string of the molecule is NC1CCN(Cc2ccc3cncc(-c4ccc5cnccc5c4)c3c2)CC1. The summed E-state index contributed by atoms with van der Waals surface area (Å²) in [6, 6.07) is 15.7. The predicted octanol–water partition coefficient (Wildman–Crippen LogP) is 4.37. The van der Waals surface area contributed by atoms with Crippen LogP contribution in [0.5, 0.6) is 0 Å². The zero-order chi connectivity index (χ0) is 18.9. The minimum atomic E-state index is 0.369. The third kappa shape index (κ3) is 3.37. The second-order valence-electron chi connectivity index (χ2n) is 7.79. The smallest absolute Gasteiger partial charge is 0.0352 e. The maximum atomic E-state index is 6.05. The van der Waals surface area contributed by atoms with Crippen molar-refractivity contribution < 1.29 is 0 Å². The van der Waals surface area contributed by atoms with Crippen molar-refractivity contribution in [3.8, 4) is 11.1 Å². The van der Waals surface area contributed by atoms with Crippen LogP contribution in [0.2, 0.25) is 0 Å². The molecule has 5 rings (SSSR count). The molecule has 1 saturated heterocycles. The molecule has 140 valence electrons. The van der Waals surface area contributed by atoms with E-state index in [0.29, 0.717) is 6.04 Å². The maximum Gasteiger partial charge on any atom is 0.0352 e. The summed E-state index contributed by atoms with van der Waals surface area (Å²) in [5, 5.41) is 4.79. The molecule has 4 aromatic rings. The van der Waals surface area contributed by atoms with Gasteiger partial charge in [-0.25, -0.2) is 0 Å². The zero-order valence-corrected chi connectivity index (χ0v) is 15.9. The summed E-state index contributed by atoms with van der Waals surface area (Å²) in [6.45, 7) is 3.15. The van der Waals surface area contributed by atoms with E-state index in [9.17, 15) is 0 Å². The minimum Gasteiger partial charge on any atom is -0.328 e. The summed E-state index contributed by atoms with van der Waals surface area (Å²) in [4.78, 5) is 11.2. The Bertz CT molecular complexity index is 1130. The fourth-order valence-electron chi connectivity index (χ4n) is 4.16. The number of hydrogen-bond acceptors (Lipinski definition) is 4. The summed E-state index contributed by atoms with van der Waals surface area (Å²) < 4.78 is 0. The molecular weight excluding hydrogens is 344 g/mol. The molecule has 4 heteroatoms. The van der Waals surface area contributed by atoms with Crippen molar-refractivity contribution in [1.82, 2.24) is 14.9 Å². The van der Waals surface area contributed by atoms with Crippen LogP contribution < -0.4 is 5.73 Å². The molecule has 1 aliphatic rings. The lowest BCUT2D eigenvalue weighted by molar-refractivity contribution is 0.206. The van der Waals surface area contributed by atoms with Crippen molar-refractivity contribution in [2.24, 2.45) is 5.73 Å². The van der Waals surface area contributed by atoms with Crippen molar-refractivity contribution >= 4 is 21.5 Å². The summed E-state index contributed by atoms with van der Waals surface area (Å²) in [5.74, 6) is 0. The van der Waals surface area contributed by atoms with Gasteiger partial charge < -0.3 is 5.73 Å². The fraction of sp³-hybridized carbons (Fsp3) is 0.250. The standard InChI is InChI=1S/C24H24N4/c25-22-6-9-28(10-7-22)16-17-1-2-21-14-27-15-24(23(21)11-17)19-3-4-20-13-26-8-5-18(20)12-19/h1-5,8,11-15,22H,6-7,9-10,16,25H2. The lowest BCUT2D eigenvalue weighted by atomic mass is 9.97. The van der Waals surface area contributed by atoms with Gasteiger partial charge >= 0.3 is 0 Å². The third-order valence-electron chi connectivity index (χ3n) is 5.82. The molecule has 4 nitrogen and oxygen atoms in total. The van der Waals surface area contributed by atoms with Crippen molar-refractivity contribution in [2.75, 3.05) is 13.1 Å². The molecule has 2 N–H and O–H groups in total. The molecule has 1 aliphatic heterocycles. The van der Waals surface area contributed by atoms with Gasteiger partial charge in [0.1, 0.15) is 0 Å². The van der Waals surface area contributed by atoms with E-state index in [-0.39, 0.29) is 0 Å². The minimum absolute atomic E-state index is 0.369. The van der Waals surface area contributed by atoms with E-state index in [1.165, 1.54) is 32.8 Å². The Morgan fingerprint density at radius 3 is 2.57 bits per heavy atom. The van der Waals surface area contributed by atoms with Crippen LogP contribution in [0.1, 0.15) is 18.4 Å². The van der Waals surface area contributed by atoms with Crippen LogP contribution >= 0.6 is 0 Å². The van der Waals surface area contributed by atoms with Crippen LogP contribution in [0.25, 0.3) is 32.7 Å². The monoisotopic (exact) mass is 368 g/mol. The van der Waals surface area contributed by atoms with Crippen molar-refractivity contribution in [3.05, 3.63) is 72.8 Å². The largest absolute Gasteiger partial charge is 0.328 e. The van der Waals surface area contributed by atoms with Gasteiger partial charge in [0.05, 0.1) is 0 Å². The molecule has 0 saturated carbocycles. The Morgan fingerprint density at radius 1 is 0.857 bits per heavy atom. The van der Waals surface area contributed by atoms with Crippen LogP contribution in [-0.4, -0.2) is 34.0 Å². The molecule has 0 spiro atoms. The number of aromatic nitrogens is 2. The first-order valence-corrected chi connectivity index (χ1v) is 9.95. The molecule has 0 radical (unpaired) electrons. The number of hydrogen-bond donors (Lipinski definition) is 1. The molecule has 1 fully saturated rings. The van der Waals surface area contributed by atoms with Crippen molar-refractivity contribution in [2.45, 2.75) is 25.4 Å². The Morgan fingerprint density at radius 2 is 1.68 bits per heavy atom. The number of benzene rings is 2. The molecule has 0 amide bonds. The first kappa shape index (κ1) is 17.3. The third-order valence-corrected chi connectivity index (χ3v) is 5.82. The van der Waals surface area contributed by atoms with E-state index >= 15 is 0 Å². The molecule has 28 heavy (non-hydrogen) atoms. The molecule has 0 bridgehead atoms. The van der Waals surface area contributed by atoms with Crippen molar-refractivity contribution in [1.29, 1.82) is 0 Å². The number of fused-ring (bicyclic) bond motifs is 2. The summed E-state index contributed by atoms with van der Waals surface area (Å²) in [5.41, 5.74) is 9.77. The normalized spacial score (nSPS) is 16.0. The van der Waals surface area contributed by atoms with E-state index in [2.05, 4.69) is 57.3 Å². The molecule has 0 atom stereocenters. The molecule has 0 unspecified atom stereocenters. The second-order valence-corrected chi connectivity index (χ2v) is 7.79. The highest BCUT2D eigenvalue weighted by Gasteiger charge is 2.16. The van der Waals surface area contributed by atoms with Gasteiger partial charge in [-0.1, -0.05) is 24.3 Å². The van der Waals surface area contributed by atoms with Gasteiger partial charge in [0.25, 0.3) is 0 Å². The van der Waals surface area contributed by atoms with Gasteiger partial charge in [-0.2, -0.15) is 0 Å².